The van der Waals surface area contributed by atoms with Crippen molar-refractivity contribution in [2.24, 2.45) is 11.8 Å². The molecular formula is C13H22N2O4. The van der Waals surface area contributed by atoms with E-state index in [0.717, 1.165) is 25.9 Å². The third kappa shape index (κ3) is 3.59. The van der Waals surface area contributed by atoms with Gasteiger partial charge in [-0.1, -0.05) is 0 Å². The number of ether oxygens (including phenoxy) is 1. The van der Waals surface area contributed by atoms with Gasteiger partial charge in [0.2, 0.25) is 0 Å². The second kappa shape index (κ2) is 6.23. The zero-order valence-corrected chi connectivity index (χ0v) is 11.3. The maximum atomic E-state index is 12.1. The molecular weight excluding hydrogens is 248 g/mol. The number of hydrogen-bond donors (Lipinski definition) is 2. The standard InChI is InChI=1S/C13H22N2O4/c1-19-8-9-4-5-15(7-9)13(18)14-11-3-2-10(6-11)12(16)17/h9-11H,2-8H2,1H3,(H,14,18)(H,16,17)/t9?,10-,11+/m1/s1. The van der Waals surface area contributed by atoms with Gasteiger partial charge in [-0.25, -0.2) is 4.79 Å². The molecule has 1 unspecified atom stereocenters. The number of aliphatic carboxylic acids is 1. The van der Waals surface area contributed by atoms with Crippen molar-refractivity contribution in [3.05, 3.63) is 0 Å². The van der Waals surface area contributed by atoms with Gasteiger partial charge in [0, 0.05) is 32.2 Å². The Bertz CT molecular complexity index is 348. The minimum atomic E-state index is -0.752. The number of hydrogen-bond acceptors (Lipinski definition) is 3. The quantitative estimate of drug-likeness (QED) is 0.796. The molecule has 0 radical (unpaired) electrons. The van der Waals surface area contributed by atoms with Crippen LogP contribution in [0, 0.1) is 11.8 Å². The average Bonchev–Trinajstić information content (AvgIpc) is 2.98. The van der Waals surface area contributed by atoms with Crippen LogP contribution < -0.4 is 5.32 Å². The molecule has 0 aromatic rings. The molecule has 3 atom stereocenters. The molecule has 1 saturated heterocycles. The molecule has 1 saturated carbocycles. The van der Waals surface area contributed by atoms with E-state index in [1.165, 1.54) is 0 Å². The molecule has 6 heteroatoms. The summed E-state index contributed by atoms with van der Waals surface area (Å²) < 4.78 is 5.10. The van der Waals surface area contributed by atoms with Crippen molar-refractivity contribution in [3.63, 3.8) is 0 Å². The third-order valence-electron chi connectivity index (χ3n) is 4.08. The van der Waals surface area contributed by atoms with Crippen LogP contribution >= 0.6 is 0 Å². The molecule has 1 aliphatic heterocycles. The van der Waals surface area contributed by atoms with Crippen molar-refractivity contribution in [2.45, 2.75) is 31.7 Å². The fraction of sp³-hybridized carbons (Fsp3) is 0.846. The lowest BCUT2D eigenvalue weighted by molar-refractivity contribution is -0.141. The molecule has 1 aliphatic carbocycles. The zero-order chi connectivity index (χ0) is 13.8. The summed E-state index contributed by atoms with van der Waals surface area (Å²) in [5, 5.41) is 11.9. The molecule has 2 aliphatic rings. The van der Waals surface area contributed by atoms with Gasteiger partial charge in [-0.3, -0.25) is 4.79 Å². The van der Waals surface area contributed by atoms with Crippen LogP contribution in [0.1, 0.15) is 25.7 Å². The van der Waals surface area contributed by atoms with Gasteiger partial charge in [0.25, 0.3) is 0 Å². The van der Waals surface area contributed by atoms with Crippen molar-refractivity contribution in [3.8, 4) is 0 Å². The molecule has 2 rings (SSSR count). The average molecular weight is 270 g/mol. The number of carbonyl (C=O) groups excluding carboxylic acids is 1. The summed E-state index contributed by atoms with van der Waals surface area (Å²) in [6, 6.07) is -0.0512. The van der Waals surface area contributed by atoms with Gasteiger partial charge in [-0.05, 0) is 25.7 Å². The van der Waals surface area contributed by atoms with Gasteiger partial charge in [0.1, 0.15) is 0 Å². The van der Waals surface area contributed by atoms with Crippen molar-refractivity contribution in [1.29, 1.82) is 0 Å². The minimum Gasteiger partial charge on any atom is -0.481 e. The van der Waals surface area contributed by atoms with E-state index in [1.54, 1.807) is 12.0 Å². The van der Waals surface area contributed by atoms with Crippen LogP contribution in [0.3, 0.4) is 0 Å². The largest absolute Gasteiger partial charge is 0.481 e. The fourth-order valence-electron chi connectivity index (χ4n) is 2.99. The summed E-state index contributed by atoms with van der Waals surface area (Å²) in [5.41, 5.74) is 0. The van der Waals surface area contributed by atoms with Gasteiger partial charge in [-0.2, -0.15) is 0 Å². The second-order valence-electron chi connectivity index (χ2n) is 5.55. The summed E-state index contributed by atoms with van der Waals surface area (Å²) in [6.45, 7) is 2.18. The molecule has 0 bridgehead atoms. The van der Waals surface area contributed by atoms with Crippen LogP contribution in [0.15, 0.2) is 0 Å². The number of amides is 2. The first-order valence-electron chi connectivity index (χ1n) is 6.87. The lowest BCUT2D eigenvalue weighted by atomic mass is 10.1. The summed E-state index contributed by atoms with van der Waals surface area (Å²) in [5.74, 6) is -0.630. The lowest BCUT2D eigenvalue weighted by Gasteiger charge is -2.20. The van der Waals surface area contributed by atoms with E-state index in [2.05, 4.69) is 5.32 Å². The summed E-state index contributed by atoms with van der Waals surface area (Å²) in [6.07, 6.45) is 2.95. The number of carbonyl (C=O) groups is 2. The van der Waals surface area contributed by atoms with E-state index in [0.29, 0.717) is 25.4 Å². The highest BCUT2D eigenvalue weighted by molar-refractivity contribution is 5.75. The van der Waals surface area contributed by atoms with E-state index in [-0.39, 0.29) is 18.0 Å². The predicted molar refractivity (Wildman–Crippen MR) is 68.9 cm³/mol. The van der Waals surface area contributed by atoms with Crippen LogP contribution in [0.25, 0.3) is 0 Å². The van der Waals surface area contributed by atoms with Crippen LogP contribution in [0.4, 0.5) is 4.79 Å². The molecule has 2 fully saturated rings. The summed E-state index contributed by atoms with van der Waals surface area (Å²) in [7, 11) is 1.67. The highest BCUT2D eigenvalue weighted by atomic mass is 16.5. The van der Waals surface area contributed by atoms with E-state index >= 15 is 0 Å². The first-order chi connectivity index (χ1) is 9.10. The number of urea groups is 1. The molecule has 2 N–H and O–H groups in total. The smallest absolute Gasteiger partial charge is 0.317 e. The van der Waals surface area contributed by atoms with Gasteiger partial charge >= 0.3 is 12.0 Å². The van der Waals surface area contributed by atoms with E-state index in [4.69, 9.17) is 9.84 Å². The second-order valence-corrected chi connectivity index (χ2v) is 5.55. The Labute approximate surface area is 113 Å². The van der Waals surface area contributed by atoms with Gasteiger partial charge in [-0.15, -0.1) is 0 Å². The predicted octanol–water partition coefficient (Wildman–Crippen LogP) is 0.918. The number of nitrogens with one attached hydrogen (secondary N) is 1. The van der Waals surface area contributed by atoms with Crippen molar-refractivity contribution >= 4 is 12.0 Å². The van der Waals surface area contributed by atoms with Crippen LogP contribution in [0.5, 0.6) is 0 Å². The fourth-order valence-corrected chi connectivity index (χ4v) is 2.99. The van der Waals surface area contributed by atoms with Crippen LogP contribution in [0.2, 0.25) is 0 Å². The maximum absolute atomic E-state index is 12.1. The molecule has 0 spiro atoms. The minimum absolute atomic E-state index is 0.00933. The molecule has 0 aromatic heterocycles. The maximum Gasteiger partial charge on any atom is 0.317 e. The number of rotatable bonds is 4. The Kier molecular flexibility index (Phi) is 4.63. The molecule has 2 amide bonds. The van der Waals surface area contributed by atoms with Gasteiger partial charge in [0.05, 0.1) is 12.5 Å². The molecule has 0 aromatic carbocycles. The Morgan fingerprint density at radius 2 is 2.16 bits per heavy atom. The van der Waals surface area contributed by atoms with Crippen molar-refractivity contribution < 1.29 is 19.4 Å². The van der Waals surface area contributed by atoms with Crippen molar-refractivity contribution in [2.75, 3.05) is 26.8 Å². The highest BCUT2D eigenvalue weighted by Crippen LogP contribution is 2.26. The first-order valence-corrected chi connectivity index (χ1v) is 6.87. The topological polar surface area (TPSA) is 78.9 Å². The number of nitrogens with zero attached hydrogens (tertiary/aromatic N) is 1. The SMILES string of the molecule is COCC1CCN(C(=O)N[C@H]2CC[C@@H](C(=O)O)C2)C1. The molecule has 19 heavy (non-hydrogen) atoms. The summed E-state index contributed by atoms with van der Waals surface area (Å²) >= 11 is 0. The Balaban J connectivity index is 1.75. The van der Waals surface area contributed by atoms with Crippen LogP contribution in [-0.4, -0.2) is 54.9 Å². The molecule has 6 nitrogen and oxygen atoms in total. The van der Waals surface area contributed by atoms with Gasteiger partial charge in [0.15, 0.2) is 0 Å². The Morgan fingerprint density at radius 1 is 1.37 bits per heavy atom. The molecule has 108 valence electrons. The third-order valence-corrected chi connectivity index (χ3v) is 4.08. The highest BCUT2D eigenvalue weighted by Gasteiger charge is 2.33. The summed E-state index contributed by atoms with van der Waals surface area (Å²) in [4.78, 5) is 24.7. The zero-order valence-electron chi connectivity index (χ0n) is 11.3. The Hall–Kier alpha value is -1.30. The van der Waals surface area contributed by atoms with Crippen LogP contribution in [-0.2, 0) is 9.53 Å². The van der Waals surface area contributed by atoms with E-state index in [9.17, 15) is 9.59 Å². The van der Waals surface area contributed by atoms with E-state index in [1.807, 2.05) is 0 Å². The number of carboxylic acid groups (broad SMARTS) is 1. The number of likely N-dealkylation sites (tertiary alicyclic amines) is 1. The number of methoxy groups -OCH3 is 1. The van der Waals surface area contributed by atoms with Crippen molar-refractivity contribution in [1.82, 2.24) is 10.2 Å². The first kappa shape index (κ1) is 14.1. The number of carboxylic acids is 1. The molecule has 1 heterocycles. The van der Waals surface area contributed by atoms with Gasteiger partial charge < -0.3 is 20.1 Å². The monoisotopic (exact) mass is 270 g/mol. The van der Waals surface area contributed by atoms with E-state index < -0.39 is 5.97 Å². The lowest BCUT2D eigenvalue weighted by Crippen LogP contribution is -2.43. The normalized spacial score (nSPS) is 30.6. The Morgan fingerprint density at radius 3 is 2.79 bits per heavy atom.